The molecule has 238 valence electrons. The van der Waals surface area contributed by atoms with Crippen molar-refractivity contribution in [1.29, 1.82) is 0 Å². The fourth-order valence-corrected chi connectivity index (χ4v) is 3.69. The molecule has 0 spiro atoms. The smallest absolute Gasteiger partial charge is 0.305 e. The first-order valence-electron chi connectivity index (χ1n) is 15.2. The van der Waals surface area contributed by atoms with Crippen molar-refractivity contribution in [3.05, 3.63) is 114 Å². The largest absolute Gasteiger partial charge is 0.481 e. The maximum Gasteiger partial charge on any atom is 0.305 e. The summed E-state index contributed by atoms with van der Waals surface area (Å²) in [5, 5.41) is 14.2. The number of hydrogen-bond acceptors (Lipinski definition) is 3. The molecule has 0 aliphatic carbocycles. The lowest BCUT2D eigenvalue weighted by molar-refractivity contribution is -0.136. The molecule has 0 fully saturated rings. The molecule has 0 saturated heterocycles. The van der Waals surface area contributed by atoms with Gasteiger partial charge < -0.3 is 15.7 Å². The third kappa shape index (κ3) is 13.5. The molecule has 6 heteroatoms. The van der Waals surface area contributed by atoms with Crippen molar-refractivity contribution in [3.8, 4) is 22.3 Å². The second-order valence-corrected chi connectivity index (χ2v) is 7.92. The molecule has 0 unspecified atom stereocenters. The number of benzene rings is 4. The maximum absolute atomic E-state index is 13.1. The van der Waals surface area contributed by atoms with Crippen LogP contribution in [0.3, 0.4) is 0 Å². The van der Waals surface area contributed by atoms with Gasteiger partial charge in [-0.25, -0.2) is 0 Å². The summed E-state index contributed by atoms with van der Waals surface area (Å²) in [4.78, 5) is 35.9. The zero-order chi connectivity index (χ0) is 32.6. The molecule has 0 saturated carbocycles. The van der Waals surface area contributed by atoms with Gasteiger partial charge in [0.05, 0.1) is 6.42 Å². The van der Waals surface area contributed by atoms with Crippen LogP contribution in [0, 0.1) is 0 Å². The Morgan fingerprint density at radius 3 is 1.59 bits per heavy atom. The van der Waals surface area contributed by atoms with Crippen LogP contribution in [0.25, 0.3) is 22.3 Å². The topological polar surface area (TPSA) is 95.5 Å². The van der Waals surface area contributed by atoms with E-state index < -0.39 is 5.97 Å². The summed E-state index contributed by atoms with van der Waals surface area (Å²) in [7, 11) is 0. The molecular formula is C38H52N2O4. The first-order valence-corrected chi connectivity index (χ1v) is 15.2. The Bertz CT molecular complexity index is 1330. The highest BCUT2D eigenvalue weighted by Gasteiger charge is 2.14. The highest BCUT2D eigenvalue weighted by molar-refractivity contribution is 6.09. The SMILES string of the molecule is C.CC.CC.CC.CC.O=C(O)CCNC(=O)c1ccc(-c2ccccc2C(=O)Nc2ccc(-c3ccccc3)cc2)cc1. The Morgan fingerprint density at radius 1 is 0.568 bits per heavy atom. The van der Waals surface area contributed by atoms with Crippen LogP contribution in [0.2, 0.25) is 0 Å². The number of carboxylic acids is 1. The summed E-state index contributed by atoms with van der Waals surface area (Å²) >= 11 is 0. The maximum atomic E-state index is 13.1. The first-order chi connectivity index (χ1) is 21.0. The van der Waals surface area contributed by atoms with Crippen LogP contribution in [0.5, 0.6) is 0 Å². The third-order valence-electron chi connectivity index (χ3n) is 5.50. The van der Waals surface area contributed by atoms with E-state index in [-0.39, 0.29) is 32.2 Å². The molecule has 0 bridgehead atoms. The van der Waals surface area contributed by atoms with Crippen LogP contribution in [0.15, 0.2) is 103 Å². The number of carbonyl (C=O) groups excluding carboxylic acids is 2. The Kier molecular flexibility index (Phi) is 23.4. The second kappa shape index (κ2) is 24.8. The van der Waals surface area contributed by atoms with E-state index >= 15 is 0 Å². The number of amides is 2. The van der Waals surface area contributed by atoms with Gasteiger partial charge in [0.25, 0.3) is 11.8 Å². The van der Waals surface area contributed by atoms with Gasteiger partial charge in [0.1, 0.15) is 0 Å². The van der Waals surface area contributed by atoms with E-state index in [2.05, 4.69) is 10.6 Å². The van der Waals surface area contributed by atoms with Gasteiger partial charge in [-0.2, -0.15) is 0 Å². The Balaban J connectivity index is 0. The molecule has 3 N–H and O–H groups in total. The number of hydrogen-bond donors (Lipinski definition) is 3. The van der Waals surface area contributed by atoms with E-state index in [0.717, 1.165) is 22.3 Å². The predicted octanol–water partition coefficient (Wildman–Crippen LogP) is 10.2. The number of carbonyl (C=O) groups is 3. The van der Waals surface area contributed by atoms with Gasteiger partial charge in [-0.1, -0.05) is 136 Å². The van der Waals surface area contributed by atoms with Gasteiger partial charge in [0, 0.05) is 23.4 Å². The summed E-state index contributed by atoms with van der Waals surface area (Å²) in [5.41, 5.74) is 5.32. The standard InChI is InChI=1S/C29H24N2O4.4C2H6.CH4/c32-27(33)18-19-30-28(34)23-12-10-22(11-13-23)25-8-4-5-9-26(25)29(35)31-24-16-14-21(15-17-24)20-6-2-1-3-7-20;4*1-2;/h1-17H,18-19H2,(H,30,34)(H,31,35)(H,32,33);4*1-2H3;1H4. The molecular weight excluding hydrogens is 548 g/mol. The number of nitrogens with one attached hydrogen (secondary N) is 2. The van der Waals surface area contributed by atoms with Crippen LogP contribution in [0.4, 0.5) is 5.69 Å². The minimum atomic E-state index is -0.970. The molecule has 4 aromatic rings. The zero-order valence-electron chi connectivity index (χ0n) is 26.9. The van der Waals surface area contributed by atoms with Crippen LogP contribution in [-0.4, -0.2) is 29.4 Å². The van der Waals surface area contributed by atoms with Gasteiger partial charge in [-0.3, -0.25) is 14.4 Å². The fourth-order valence-electron chi connectivity index (χ4n) is 3.69. The summed E-state index contributed by atoms with van der Waals surface area (Å²) < 4.78 is 0. The average molecular weight is 601 g/mol. The Morgan fingerprint density at radius 2 is 1.05 bits per heavy atom. The molecule has 44 heavy (non-hydrogen) atoms. The normalized spacial score (nSPS) is 8.82. The molecule has 0 aliphatic rings. The quantitative estimate of drug-likeness (QED) is 0.187. The highest BCUT2D eigenvalue weighted by atomic mass is 16.4. The van der Waals surface area contributed by atoms with Crippen LogP contribution in [-0.2, 0) is 4.79 Å². The third-order valence-corrected chi connectivity index (χ3v) is 5.50. The van der Waals surface area contributed by atoms with Crippen molar-refractivity contribution in [2.45, 2.75) is 69.2 Å². The second-order valence-electron chi connectivity index (χ2n) is 7.92. The Labute approximate surface area is 265 Å². The lowest BCUT2D eigenvalue weighted by atomic mass is 9.98. The van der Waals surface area contributed by atoms with E-state index in [0.29, 0.717) is 16.8 Å². The van der Waals surface area contributed by atoms with Crippen molar-refractivity contribution < 1.29 is 19.5 Å². The molecule has 0 atom stereocenters. The van der Waals surface area contributed by atoms with E-state index in [1.54, 1.807) is 36.4 Å². The monoisotopic (exact) mass is 600 g/mol. The molecule has 6 nitrogen and oxygen atoms in total. The first kappa shape index (κ1) is 41.4. The number of aliphatic carboxylic acids is 1. The Hall–Kier alpha value is -4.71. The molecule has 4 rings (SSSR count). The molecule has 4 aromatic carbocycles. The van der Waals surface area contributed by atoms with E-state index in [9.17, 15) is 14.4 Å². The summed E-state index contributed by atoms with van der Waals surface area (Å²) in [6.45, 7) is 16.1. The zero-order valence-corrected chi connectivity index (χ0v) is 26.9. The molecule has 0 aromatic heterocycles. The van der Waals surface area contributed by atoms with E-state index in [1.807, 2.05) is 122 Å². The van der Waals surface area contributed by atoms with Crippen molar-refractivity contribution in [3.63, 3.8) is 0 Å². The number of rotatable bonds is 8. The molecule has 0 heterocycles. The lowest BCUT2D eigenvalue weighted by Gasteiger charge is -2.12. The van der Waals surface area contributed by atoms with Gasteiger partial charge in [0.2, 0.25) is 0 Å². The number of anilines is 1. The minimum Gasteiger partial charge on any atom is -0.481 e. The van der Waals surface area contributed by atoms with Gasteiger partial charge in [-0.05, 0) is 52.6 Å². The van der Waals surface area contributed by atoms with Gasteiger partial charge in [0.15, 0.2) is 0 Å². The van der Waals surface area contributed by atoms with Gasteiger partial charge in [-0.15, -0.1) is 0 Å². The van der Waals surface area contributed by atoms with E-state index in [1.165, 1.54) is 0 Å². The van der Waals surface area contributed by atoms with Crippen LogP contribution >= 0.6 is 0 Å². The van der Waals surface area contributed by atoms with Crippen molar-refractivity contribution in [2.75, 3.05) is 11.9 Å². The molecule has 2 amide bonds. The molecule has 0 aliphatic heterocycles. The lowest BCUT2D eigenvalue weighted by Crippen LogP contribution is -2.25. The van der Waals surface area contributed by atoms with Gasteiger partial charge >= 0.3 is 5.97 Å². The summed E-state index contributed by atoms with van der Waals surface area (Å²) in [6, 6.07) is 31.8. The fraction of sp³-hybridized carbons (Fsp3) is 0.289. The van der Waals surface area contributed by atoms with Crippen LogP contribution < -0.4 is 10.6 Å². The average Bonchev–Trinajstić information content (AvgIpc) is 3.09. The summed E-state index contributed by atoms with van der Waals surface area (Å²) in [5.74, 6) is -1.55. The van der Waals surface area contributed by atoms with Crippen molar-refractivity contribution in [2.24, 2.45) is 0 Å². The van der Waals surface area contributed by atoms with Crippen LogP contribution in [0.1, 0.15) is 90.0 Å². The minimum absolute atomic E-state index is 0. The van der Waals surface area contributed by atoms with Crippen molar-refractivity contribution in [1.82, 2.24) is 5.32 Å². The predicted molar refractivity (Wildman–Crippen MR) is 188 cm³/mol. The van der Waals surface area contributed by atoms with E-state index in [4.69, 9.17) is 5.11 Å². The van der Waals surface area contributed by atoms with Crippen molar-refractivity contribution >= 4 is 23.5 Å². The molecule has 0 radical (unpaired) electrons. The summed E-state index contributed by atoms with van der Waals surface area (Å²) in [6.07, 6.45) is -0.138. The highest BCUT2D eigenvalue weighted by Crippen LogP contribution is 2.26. The number of carboxylic acid groups (broad SMARTS) is 1.